The molecule has 13 rings (SSSR count). The number of hydrogen-bond donors (Lipinski definition) is 0. The molecule has 5 heteroatoms. The van der Waals surface area contributed by atoms with E-state index in [1.807, 2.05) is 6.20 Å². The molecule has 0 atom stereocenters. The Kier molecular flexibility index (Phi) is 11.0. The van der Waals surface area contributed by atoms with Crippen molar-refractivity contribution in [3.05, 3.63) is 266 Å². The van der Waals surface area contributed by atoms with Crippen LogP contribution in [-0.4, -0.2) is 16.2 Å². The molecule has 3 heterocycles. The molecular weight excluding hydrogens is 889 g/mol. The van der Waals surface area contributed by atoms with Crippen LogP contribution in [0.5, 0.6) is 11.5 Å². The van der Waals surface area contributed by atoms with Crippen molar-refractivity contribution in [2.24, 2.45) is 0 Å². The molecule has 0 bridgehead atoms. The number of rotatable bonds is 10. The van der Waals surface area contributed by atoms with Crippen LogP contribution in [-0.2, 0) is 0 Å². The molecule has 0 saturated carbocycles. The Labute approximate surface area is 426 Å². The number of aryl methyl sites for hydroxylation is 2. The average Bonchev–Trinajstić information content (AvgIpc) is 3.99. The lowest BCUT2D eigenvalue weighted by atomic mass is 9.95. The smallest absolute Gasteiger partial charge is 0.137 e. The number of benzene rings is 10. The quantitative estimate of drug-likeness (QED) is 0.137. The molecule has 1 aliphatic rings. The number of ether oxygens (including phenoxy) is 1. The first-order valence-electron chi connectivity index (χ1n) is 25.0. The van der Waals surface area contributed by atoms with Gasteiger partial charge in [0.05, 0.1) is 28.1 Å². The predicted octanol–water partition coefficient (Wildman–Crippen LogP) is 18.2. The number of nitrogens with zero attached hydrogens (tertiary/aromatic N) is 4. The Morgan fingerprint density at radius 1 is 0.397 bits per heavy atom. The Bertz CT molecular complexity index is 3920. The Hall–Kier alpha value is -9.45. The monoisotopic (exact) mass is 938 g/mol. The Morgan fingerprint density at radius 3 is 1.59 bits per heavy atom. The average molecular weight is 939 g/mol. The SMILES string of the molecule is Cc1ccc(-c2cnc(-n3c4ccc(-c5ccccc5)cc4c4cc(-c5ccccc5)c(Oc5cccc(N6CN(c7c(-c8ccccc8)cccc7-c7ccccc7)c7ccccc76)c5)cc43)cc2C)cc1. The molecule has 10 aromatic carbocycles. The summed E-state index contributed by atoms with van der Waals surface area (Å²) in [7, 11) is 0. The standard InChI is InChI=1S/C68H50N4O/c1-46-33-35-52(36-34-46)61-44-69-67(39-47(61)2)72-62-38-37-53(48-19-7-3-8-20-48)40-59(62)60-42-58(51-25-13-6-14-26-51)66(43-65(60)72)73-55-28-17-27-54(41-55)70-45-71(64-32-16-15-31-63(64)70)68-56(49-21-9-4-10-22-49)29-18-30-57(68)50-23-11-5-12-24-50/h3-44H,45H2,1-2H3. The second-order valence-corrected chi connectivity index (χ2v) is 18.9. The normalized spacial score (nSPS) is 12.1. The maximum absolute atomic E-state index is 7.24. The van der Waals surface area contributed by atoms with Gasteiger partial charge in [0.25, 0.3) is 0 Å². The lowest BCUT2D eigenvalue weighted by Gasteiger charge is -2.27. The first-order chi connectivity index (χ1) is 36.0. The number of pyridine rings is 1. The van der Waals surface area contributed by atoms with E-state index in [0.717, 1.165) is 89.6 Å². The van der Waals surface area contributed by atoms with Gasteiger partial charge in [-0.2, -0.15) is 0 Å². The zero-order valence-electron chi connectivity index (χ0n) is 40.7. The van der Waals surface area contributed by atoms with Crippen molar-refractivity contribution in [1.29, 1.82) is 0 Å². The second-order valence-electron chi connectivity index (χ2n) is 18.9. The highest BCUT2D eigenvalue weighted by atomic mass is 16.5. The molecule has 5 nitrogen and oxygen atoms in total. The third kappa shape index (κ3) is 7.98. The van der Waals surface area contributed by atoms with Gasteiger partial charge < -0.3 is 14.5 Å². The number of aromatic nitrogens is 2. The molecule has 2 aromatic heterocycles. The zero-order chi connectivity index (χ0) is 48.8. The molecule has 0 aliphatic carbocycles. The van der Waals surface area contributed by atoms with E-state index < -0.39 is 0 Å². The second kappa shape index (κ2) is 18.4. The molecule has 73 heavy (non-hydrogen) atoms. The Morgan fingerprint density at radius 2 is 0.945 bits per heavy atom. The highest BCUT2D eigenvalue weighted by Crippen LogP contribution is 2.51. The summed E-state index contributed by atoms with van der Waals surface area (Å²) in [6, 6.07) is 88.8. The third-order valence-electron chi connectivity index (χ3n) is 14.3. The van der Waals surface area contributed by atoms with Crippen LogP contribution in [0.2, 0.25) is 0 Å². The maximum Gasteiger partial charge on any atom is 0.137 e. The number of para-hydroxylation sites is 3. The number of fused-ring (bicyclic) bond motifs is 4. The largest absolute Gasteiger partial charge is 0.457 e. The number of anilines is 4. The fourth-order valence-electron chi connectivity index (χ4n) is 10.7. The number of hydrogen-bond acceptors (Lipinski definition) is 4. The van der Waals surface area contributed by atoms with Crippen LogP contribution < -0.4 is 14.5 Å². The van der Waals surface area contributed by atoms with Crippen LogP contribution in [0.3, 0.4) is 0 Å². The van der Waals surface area contributed by atoms with E-state index in [0.29, 0.717) is 6.67 Å². The van der Waals surface area contributed by atoms with Gasteiger partial charge in [-0.3, -0.25) is 4.57 Å². The topological polar surface area (TPSA) is 33.5 Å². The third-order valence-corrected chi connectivity index (χ3v) is 14.3. The van der Waals surface area contributed by atoms with Crippen molar-refractivity contribution in [1.82, 2.24) is 9.55 Å². The molecule has 0 unspecified atom stereocenters. The summed E-state index contributed by atoms with van der Waals surface area (Å²) in [5.74, 6) is 2.34. The molecular formula is C68H50N4O. The molecule has 12 aromatic rings. The zero-order valence-corrected chi connectivity index (χ0v) is 40.7. The molecule has 1 aliphatic heterocycles. The van der Waals surface area contributed by atoms with Gasteiger partial charge in [0.2, 0.25) is 0 Å². The fraction of sp³-hybridized carbons (Fsp3) is 0.0441. The van der Waals surface area contributed by atoms with E-state index in [-0.39, 0.29) is 0 Å². The van der Waals surface area contributed by atoms with Crippen molar-refractivity contribution >= 4 is 44.6 Å². The summed E-state index contributed by atoms with van der Waals surface area (Å²) in [6.07, 6.45) is 2.02. The van der Waals surface area contributed by atoms with Crippen LogP contribution in [0.1, 0.15) is 11.1 Å². The van der Waals surface area contributed by atoms with E-state index in [9.17, 15) is 0 Å². The van der Waals surface area contributed by atoms with E-state index in [1.165, 1.54) is 39.1 Å². The lowest BCUT2D eigenvalue weighted by Crippen LogP contribution is -2.24. The minimum atomic E-state index is 0.605. The minimum absolute atomic E-state index is 0.605. The van der Waals surface area contributed by atoms with Gasteiger partial charge in [-0.15, -0.1) is 0 Å². The highest BCUT2D eigenvalue weighted by Gasteiger charge is 2.31. The predicted molar refractivity (Wildman–Crippen MR) is 304 cm³/mol. The van der Waals surface area contributed by atoms with Crippen molar-refractivity contribution in [3.63, 3.8) is 0 Å². The van der Waals surface area contributed by atoms with Crippen molar-refractivity contribution < 1.29 is 4.74 Å². The van der Waals surface area contributed by atoms with Crippen LogP contribution >= 0.6 is 0 Å². The minimum Gasteiger partial charge on any atom is -0.457 e. The van der Waals surface area contributed by atoms with Crippen LogP contribution in [0.25, 0.3) is 83.3 Å². The van der Waals surface area contributed by atoms with E-state index in [1.54, 1.807) is 0 Å². The van der Waals surface area contributed by atoms with Crippen LogP contribution in [0.4, 0.5) is 22.7 Å². The molecule has 0 fully saturated rings. The highest BCUT2D eigenvalue weighted by molar-refractivity contribution is 6.12. The van der Waals surface area contributed by atoms with Gasteiger partial charge in [0.1, 0.15) is 24.0 Å². The van der Waals surface area contributed by atoms with E-state index in [4.69, 9.17) is 9.72 Å². The van der Waals surface area contributed by atoms with Crippen molar-refractivity contribution in [2.75, 3.05) is 16.5 Å². The molecule has 348 valence electrons. The van der Waals surface area contributed by atoms with Crippen LogP contribution in [0, 0.1) is 13.8 Å². The lowest BCUT2D eigenvalue weighted by molar-refractivity contribution is 0.485. The van der Waals surface area contributed by atoms with E-state index in [2.05, 4.69) is 277 Å². The maximum atomic E-state index is 7.24. The summed E-state index contributed by atoms with van der Waals surface area (Å²) in [5, 5.41) is 2.26. The van der Waals surface area contributed by atoms with Gasteiger partial charge in [0, 0.05) is 57.0 Å². The molecule has 0 saturated heterocycles. The van der Waals surface area contributed by atoms with E-state index >= 15 is 0 Å². The molecule has 0 N–H and O–H groups in total. The molecule has 0 radical (unpaired) electrons. The summed E-state index contributed by atoms with van der Waals surface area (Å²) < 4.78 is 9.54. The van der Waals surface area contributed by atoms with Gasteiger partial charge in [-0.05, 0) is 101 Å². The summed E-state index contributed by atoms with van der Waals surface area (Å²) in [5.41, 5.74) is 20.3. The van der Waals surface area contributed by atoms with Gasteiger partial charge >= 0.3 is 0 Å². The van der Waals surface area contributed by atoms with Gasteiger partial charge in [-0.1, -0.05) is 194 Å². The van der Waals surface area contributed by atoms with Crippen LogP contribution in [0.15, 0.2) is 255 Å². The van der Waals surface area contributed by atoms with Crippen molar-refractivity contribution in [2.45, 2.75) is 13.8 Å². The van der Waals surface area contributed by atoms with Gasteiger partial charge in [0.15, 0.2) is 0 Å². The summed E-state index contributed by atoms with van der Waals surface area (Å²) in [6.45, 7) is 4.91. The fourth-order valence-corrected chi connectivity index (χ4v) is 10.7. The summed E-state index contributed by atoms with van der Waals surface area (Å²) in [4.78, 5) is 10.1. The summed E-state index contributed by atoms with van der Waals surface area (Å²) >= 11 is 0. The van der Waals surface area contributed by atoms with Gasteiger partial charge in [-0.25, -0.2) is 4.98 Å². The first kappa shape index (κ1) is 43.6. The van der Waals surface area contributed by atoms with Crippen molar-refractivity contribution in [3.8, 4) is 73.0 Å². The molecule has 0 spiro atoms. The molecule has 0 amide bonds. The first-order valence-corrected chi connectivity index (χ1v) is 25.0. The Balaban J connectivity index is 0.943.